The smallest absolute Gasteiger partial charge is 0.159 e. The fourth-order valence-electron chi connectivity index (χ4n) is 2.42. The van der Waals surface area contributed by atoms with E-state index in [0.717, 1.165) is 31.7 Å². The van der Waals surface area contributed by atoms with Gasteiger partial charge in [0.05, 0.1) is 11.5 Å². The first kappa shape index (κ1) is 11.1. The van der Waals surface area contributed by atoms with Crippen LogP contribution in [-0.2, 0) is 6.42 Å². The van der Waals surface area contributed by atoms with Crippen molar-refractivity contribution in [2.45, 2.75) is 32.1 Å². The van der Waals surface area contributed by atoms with Crippen LogP contribution in [0.15, 0.2) is 18.2 Å². The van der Waals surface area contributed by atoms with Crippen LogP contribution in [0.1, 0.15) is 31.2 Å². The van der Waals surface area contributed by atoms with E-state index in [0.29, 0.717) is 12.0 Å². The van der Waals surface area contributed by atoms with E-state index in [4.69, 9.17) is 0 Å². The maximum absolute atomic E-state index is 13.0. The van der Waals surface area contributed by atoms with Crippen LogP contribution in [0.25, 0.3) is 0 Å². The van der Waals surface area contributed by atoms with Crippen LogP contribution in [-0.4, -0.2) is 0 Å². The highest BCUT2D eigenvalue weighted by molar-refractivity contribution is 5.22. The molecule has 0 heterocycles. The third-order valence-electron chi connectivity index (χ3n) is 3.32. The molecule has 0 aliphatic heterocycles. The summed E-state index contributed by atoms with van der Waals surface area (Å²) in [6, 6.07) is 6.24. The van der Waals surface area contributed by atoms with Crippen molar-refractivity contribution in [2.24, 2.45) is 5.41 Å². The van der Waals surface area contributed by atoms with Gasteiger partial charge < -0.3 is 0 Å². The highest BCUT2D eigenvalue weighted by Gasteiger charge is 2.34. The summed E-state index contributed by atoms with van der Waals surface area (Å²) in [7, 11) is 0. The number of hydrogen-bond donors (Lipinski definition) is 0. The Bertz CT molecular complexity index is 428. The number of nitriles is 1. The second-order valence-corrected chi connectivity index (χ2v) is 4.52. The van der Waals surface area contributed by atoms with Gasteiger partial charge in [-0.15, -0.1) is 0 Å². The molecule has 0 bridgehead atoms. The minimum Gasteiger partial charge on any atom is -0.204 e. The predicted molar refractivity (Wildman–Crippen MR) is 56.6 cm³/mol. The Labute approximate surface area is 93.7 Å². The molecule has 1 aromatic rings. The molecule has 84 valence electrons. The highest BCUT2D eigenvalue weighted by atomic mass is 19.2. The van der Waals surface area contributed by atoms with Crippen LogP contribution in [0.2, 0.25) is 0 Å². The molecule has 1 aliphatic rings. The maximum Gasteiger partial charge on any atom is 0.159 e. The largest absolute Gasteiger partial charge is 0.204 e. The van der Waals surface area contributed by atoms with Crippen LogP contribution in [0.4, 0.5) is 8.78 Å². The molecule has 1 aromatic carbocycles. The molecule has 1 fully saturated rings. The van der Waals surface area contributed by atoms with Crippen molar-refractivity contribution in [1.29, 1.82) is 5.26 Å². The van der Waals surface area contributed by atoms with Crippen LogP contribution < -0.4 is 0 Å². The Hall–Kier alpha value is -1.43. The quantitative estimate of drug-likeness (QED) is 0.748. The zero-order valence-corrected chi connectivity index (χ0v) is 8.97. The van der Waals surface area contributed by atoms with Crippen molar-refractivity contribution >= 4 is 0 Å². The van der Waals surface area contributed by atoms with E-state index in [9.17, 15) is 14.0 Å². The van der Waals surface area contributed by atoms with E-state index in [1.54, 1.807) is 6.07 Å². The van der Waals surface area contributed by atoms with Gasteiger partial charge in [-0.25, -0.2) is 8.78 Å². The van der Waals surface area contributed by atoms with Gasteiger partial charge in [-0.05, 0) is 37.0 Å². The zero-order valence-electron chi connectivity index (χ0n) is 8.97. The monoisotopic (exact) mass is 221 g/mol. The van der Waals surface area contributed by atoms with Crippen molar-refractivity contribution in [3.63, 3.8) is 0 Å². The normalized spacial score (nSPS) is 18.3. The minimum absolute atomic E-state index is 0.357. The van der Waals surface area contributed by atoms with Gasteiger partial charge in [0, 0.05) is 0 Å². The average Bonchev–Trinajstić information content (AvgIpc) is 2.73. The first-order valence-electron chi connectivity index (χ1n) is 5.50. The zero-order chi connectivity index (χ0) is 11.6. The van der Waals surface area contributed by atoms with E-state index in [-0.39, 0.29) is 5.41 Å². The molecule has 0 atom stereocenters. The van der Waals surface area contributed by atoms with Gasteiger partial charge in [-0.2, -0.15) is 5.26 Å². The second-order valence-electron chi connectivity index (χ2n) is 4.52. The molecule has 1 aliphatic carbocycles. The first-order valence-corrected chi connectivity index (χ1v) is 5.50. The van der Waals surface area contributed by atoms with E-state index < -0.39 is 11.6 Å². The highest BCUT2D eigenvalue weighted by Crippen LogP contribution is 2.40. The van der Waals surface area contributed by atoms with E-state index in [1.165, 1.54) is 6.07 Å². The van der Waals surface area contributed by atoms with Crippen LogP contribution >= 0.6 is 0 Å². The SMILES string of the molecule is N#CC1(Cc2ccc(F)c(F)c2)CCCC1. The maximum atomic E-state index is 13.0. The van der Waals surface area contributed by atoms with Gasteiger partial charge in [0.25, 0.3) is 0 Å². The lowest BCUT2D eigenvalue weighted by Gasteiger charge is -2.19. The molecule has 0 unspecified atom stereocenters. The standard InChI is InChI=1S/C13H13F2N/c14-11-4-3-10(7-12(11)15)8-13(9-16)5-1-2-6-13/h3-4,7H,1-2,5-6,8H2. The molecule has 0 radical (unpaired) electrons. The Morgan fingerprint density at radius 3 is 2.44 bits per heavy atom. The topological polar surface area (TPSA) is 23.8 Å². The van der Waals surface area contributed by atoms with Gasteiger partial charge in [-0.1, -0.05) is 18.9 Å². The number of rotatable bonds is 2. The van der Waals surface area contributed by atoms with E-state index >= 15 is 0 Å². The summed E-state index contributed by atoms with van der Waals surface area (Å²) in [6.45, 7) is 0. The van der Waals surface area contributed by atoms with Gasteiger partial charge in [0.2, 0.25) is 0 Å². The third kappa shape index (κ3) is 2.06. The summed E-state index contributed by atoms with van der Waals surface area (Å²) in [5, 5.41) is 9.18. The van der Waals surface area contributed by atoms with Crippen LogP contribution in [0, 0.1) is 28.4 Å². The Balaban J connectivity index is 2.20. The fraction of sp³-hybridized carbons (Fsp3) is 0.462. The molecule has 0 aromatic heterocycles. The van der Waals surface area contributed by atoms with Crippen molar-refractivity contribution < 1.29 is 8.78 Å². The summed E-state index contributed by atoms with van der Waals surface area (Å²) >= 11 is 0. The van der Waals surface area contributed by atoms with Crippen molar-refractivity contribution in [1.82, 2.24) is 0 Å². The third-order valence-corrected chi connectivity index (χ3v) is 3.32. The van der Waals surface area contributed by atoms with Crippen molar-refractivity contribution in [3.8, 4) is 6.07 Å². The van der Waals surface area contributed by atoms with Gasteiger partial charge in [-0.3, -0.25) is 0 Å². The predicted octanol–water partition coefficient (Wildman–Crippen LogP) is 3.59. The fourth-order valence-corrected chi connectivity index (χ4v) is 2.42. The molecule has 0 amide bonds. The van der Waals surface area contributed by atoms with E-state index in [2.05, 4.69) is 6.07 Å². The molecule has 0 spiro atoms. The number of hydrogen-bond acceptors (Lipinski definition) is 1. The average molecular weight is 221 g/mol. The lowest BCUT2D eigenvalue weighted by Crippen LogP contribution is -2.17. The molecule has 16 heavy (non-hydrogen) atoms. The molecule has 2 rings (SSSR count). The second kappa shape index (κ2) is 4.21. The Morgan fingerprint density at radius 2 is 1.88 bits per heavy atom. The summed E-state index contributed by atoms with van der Waals surface area (Å²) in [5.41, 5.74) is 0.354. The van der Waals surface area contributed by atoms with E-state index in [1.807, 2.05) is 0 Å². The number of benzene rings is 1. The number of halogens is 2. The van der Waals surface area contributed by atoms with Crippen molar-refractivity contribution in [3.05, 3.63) is 35.4 Å². The lowest BCUT2D eigenvalue weighted by molar-refractivity contribution is 0.406. The van der Waals surface area contributed by atoms with Gasteiger partial charge in [0.15, 0.2) is 11.6 Å². The molecule has 1 saturated carbocycles. The van der Waals surface area contributed by atoms with Gasteiger partial charge >= 0.3 is 0 Å². The molecule has 0 saturated heterocycles. The Kier molecular flexibility index (Phi) is 2.91. The molecule has 1 nitrogen and oxygen atoms in total. The molecule has 3 heteroatoms. The minimum atomic E-state index is -0.832. The molecular formula is C13H13F2N. The summed E-state index contributed by atoms with van der Waals surface area (Å²) in [6.07, 6.45) is 4.36. The lowest BCUT2D eigenvalue weighted by atomic mass is 9.81. The summed E-state index contributed by atoms with van der Waals surface area (Å²) < 4.78 is 25.8. The first-order chi connectivity index (χ1) is 7.65. The van der Waals surface area contributed by atoms with Gasteiger partial charge in [0.1, 0.15) is 0 Å². The van der Waals surface area contributed by atoms with Crippen LogP contribution in [0.3, 0.4) is 0 Å². The van der Waals surface area contributed by atoms with Crippen molar-refractivity contribution in [2.75, 3.05) is 0 Å². The number of nitrogens with zero attached hydrogens (tertiary/aromatic N) is 1. The summed E-state index contributed by atoms with van der Waals surface area (Å²) in [5.74, 6) is -1.66. The molecular weight excluding hydrogens is 208 g/mol. The Morgan fingerprint density at radius 1 is 1.19 bits per heavy atom. The molecule has 0 N–H and O–H groups in total. The summed E-state index contributed by atoms with van der Waals surface area (Å²) in [4.78, 5) is 0. The van der Waals surface area contributed by atoms with Crippen LogP contribution in [0.5, 0.6) is 0 Å².